The summed E-state index contributed by atoms with van der Waals surface area (Å²) in [4.78, 5) is 2.37. The largest absolute Gasteiger partial charge is 0.455 e. The Morgan fingerprint density at radius 2 is 0.842 bits per heavy atom. The van der Waals surface area contributed by atoms with Gasteiger partial charge in [0, 0.05) is 49.7 Å². The van der Waals surface area contributed by atoms with Crippen LogP contribution in [-0.2, 0) is 0 Å². The molecule has 2 heterocycles. The molecule has 0 spiro atoms. The fraction of sp³-hybridized carbons (Fsp3) is 0. The zero-order valence-electron chi connectivity index (χ0n) is 31.1. The Balaban J connectivity index is 1.11. The van der Waals surface area contributed by atoms with Crippen LogP contribution in [0.1, 0.15) is 0 Å². The molecule has 0 N–H and O–H groups in total. The van der Waals surface area contributed by atoms with Gasteiger partial charge in [0.2, 0.25) is 0 Å². The average Bonchev–Trinajstić information content (AvgIpc) is 3.83. The van der Waals surface area contributed by atoms with Crippen LogP contribution >= 0.6 is 0 Å². The first-order valence-corrected chi connectivity index (χ1v) is 19.4. The molecular formula is C54H36N2O. The number of rotatable bonds is 7. The lowest BCUT2D eigenvalue weighted by molar-refractivity contribution is 0.670. The summed E-state index contributed by atoms with van der Waals surface area (Å²) in [6, 6.07) is 78.1. The van der Waals surface area contributed by atoms with E-state index in [0.29, 0.717) is 0 Å². The van der Waals surface area contributed by atoms with Gasteiger partial charge in [0.1, 0.15) is 11.2 Å². The van der Waals surface area contributed by atoms with Crippen molar-refractivity contribution in [2.45, 2.75) is 0 Å². The first-order valence-electron chi connectivity index (χ1n) is 19.4. The summed E-state index contributed by atoms with van der Waals surface area (Å²) in [5, 5.41) is 4.66. The van der Waals surface area contributed by atoms with Crippen molar-refractivity contribution in [2.75, 3.05) is 4.90 Å². The van der Waals surface area contributed by atoms with Crippen LogP contribution in [0.5, 0.6) is 0 Å². The molecule has 0 radical (unpaired) electrons. The van der Waals surface area contributed by atoms with Crippen molar-refractivity contribution in [3.8, 4) is 39.1 Å². The normalized spacial score (nSPS) is 11.5. The van der Waals surface area contributed by atoms with Crippen LogP contribution in [0, 0.1) is 0 Å². The zero-order chi connectivity index (χ0) is 37.7. The van der Waals surface area contributed by atoms with E-state index in [-0.39, 0.29) is 0 Å². The van der Waals surface area contributed by atoms with Gasteiger partial charge in [0.25, 0.3) is 0 Å². The maximum atomic E-state index is 6.59. The van der Waals surface area contributed by atoms with Crippen LogP contribution in [0.2, 0.25) is 0 Å². The van der Waals surface area contributed by atoms with Gasteiger partial charge in [-0.3, -0.25) is 0 Å². The minimum Gasteiger partial charge on any atom is -0.455 e. The van der Waals surface area contributed by atoms with Gasteiger partial charge < -0.3 is 13.9 Å². The van der Waals surface area contributed by atoms with Gasteiger partial charge in [-0.25, -0.2) is 0 Å². The summed E-state index contributed by atoms with van der Waals surface area (Å²) in [6.45, 7) is 0. The molecule has 0 aliphatic rings. The number of benzene rings is 9. The predicted molar refractivity (Wildman–Crippen MR) is 239 cm³/mol. The summed E-state index contributed by atoms with van der Waals surface area (Å²) in [5.74, 6) is 0. The number of anilines is 3. The molecule has 2 aromatic heterocycles. The Morgan fingerprint density at radius 3 is 1.54 bits per heavy atom. The van der Waals surface area contributed by atoms with Crippen LogP contribution in [0.25, 0.3) is 82.8 Å². The topological polar surface area (TPSA) is 21.3 Å². The highest BCUT2D eigenvalue weighted by atomic mass is 16.3. The van der Waals surface area contributed by atoms with Crippen LogP contribution in [0.4, 0.5) is 17.1 Å². The second-order valence-corrected chi connectivity index (χ2v) is 14.5. The Bertz CT molecular complexity index is 3130. The maximum absolute atomic E-state index is 6.59. The second-order valence-electron chi connectivity index (χ2n) is 14.5. The lowest BCUT2D eigenvalue weighted by Gasteiger charge is -2.26. The highest BCUT2D eigenvalue weighted by molar-refractivity contribution is 6.13. The summed E-state index contributed by atoms with van der Waals surface area (Å²) >= 11 is 0. The van der Waals surface area contributed by atoms with E-state index in [2.05, 4.69) is 222 Å². The average molecular weight is 729 g/mol. The Morgan fingerprint density at radius 1 is 0.333 bits per heavy atom. The number of fused-ring (bicyclic) bond motifs is 6. The maximum Gasteiger partial charge on any atom is 0.143 e. The van der Waals surface area contributed by atoms with E-state index < -0.39 is 0 Å². The molecule has 0 saturated carbocycles. The van der Waals surface area contributed by atoms with Crippen molar-refractivity contribution in [1.29, 1.82) is 0 Å². The molecule has 0 aliphatic carbocycles. The number of aromatic nitrogens is 1. The van der Waals surface area contributed by atoms with Gasteiger partial charge in [-0.1, -0.05) is 164 Å². The second kappa shape index (κ2) is 13.6. The highest BCUT2D eigenvalue weighted by Gasteiger charge is 2.21. The van der Waals surface area contributed by atoms with E-state index in [1.54, 1.807) is 0 Å². The molecule has 57 heavy (non-hydrogen) atoms. The summed E-state index contributed by atoms with van der Waals surface area (Å²) in [5.41, 5.74) is 15.4. The molecule has 0 amide bonds. The third-order valence-electron chi connectivity index (χ3n) is 11.2. The van der Waals surface area contributed by atoms with Gasteiger partial charge >= 0.3 is 0 Å². The standard InChI is InChI=1S/C54H36N2O/c1-3-14-37(15-4-1)39-26-30-41(31-27-39)55(42-32-28-40(29-33-42)38-16-5-2-6-17-38)43-34-35-46-44-18-7-10-23-50(44)56(52(46)36-43)51-24-11-8-19-45(51)48-21-13-22-49-47-20-9-12-25-53(47)57-54(48)49/h1-36H. The summed E-state index contributed by atoms with van der Waals surface area (Å²) in [6.07, 6.45) is 0. The molecule has 11 aromatic rings. The van der Waals surface area contributed by atoms with Crippen LogP contribution in [0.3, 0.4) is 0 Å². The predicted octanol–water partition coefficient (Wildman–Crippen LogP) is 15.2. The van der Waals surface area contributed by atoms with Gasteiger partial charge in [-0.05, 0) is 76.9 Å². The lowest BCUT2D eigenvalue weighted by atomic mass is 10.0. The van der Waals surface area contributed by atoms with Crippen molar-refractivity contribution >= 4 is 60.8 Å². The van der Waals surface area contributed by atoms with Crippen molar-refractivity contribution in [3.05, 3.63) is 218 Å². The highest BCUT2D eigenvalue weighted by Crippen LogP contribution is 2.43. The van der Waals surface area contributed by atoms with Crippen molar-refractivity contribution in [3.63, 3.8) is 0 Å². The fourth-order valence-corrected chi connectivity index (χ4v) is 8.53. The van der Waals surface area contributed by atoms with Gasteiger partial charge in [0.15, 0.2) is 0 Å². The number of furan rings is 1. The molecule has 3 heteroatoms. The molecule has 0 aliphatic heterocycles. The lowest BCUT2D eigenvalue weighted by Crippen LogP contribution is -2.10. The Labute approximate surface area is 330 Å². The van der Waals surface area contributed by atoms with E-state index in [0.717, 1.165) is 66.8 Å². The van der Waals surface area contributed by atoms with Gasteiger partial charge in [-0.2, -0.15) is 0 Å². The quantitative estimate of drug-likeness (QED) is 0.163. The summed E-state index contributed by atoms with van der Waals surface area (Å²) in [7, 11) is 0. The fourth-order valence-electron chi connectivity index (χ4n) is 8.53. The van der Waals surface area contributed by atoms with Crippen molar-refractivity contribution in [2.24, 2.45) is 0 Å². The van der Waals surface area contributed by atoms with Crippen molar-refractivity contribution in [1.82, 2.24) is 4.57 Å². The minimum absolute atomic E-state index is 0.896. The number of hydrogen-bond acceptors (Lipinski definition) is 2. The molecule has 0 fully saturated rings. The molecule has 268 valence electrons. The Kier molecular flexibility index (Phi) is 7.82. The first-order chi connectivity index (χ1) is 28.3. The van der Waals surface area contributed by atoms with Crippen molar-refractivity contribution < 1.29 is 4.42 Å². The molecule has 11 rings (SSSR count). The number of hydrogen-bond donors (Lipinski definition) is 0. The van der Waals surface area contributed by atoms with E-state index in [4.69, 9.17) is 4.42 Å². The van der Waals surface area contributed by atoms with E-state index in [1.807, 2.05) is 6.07 Å². The van der Waals surface area contributed by atoms with E-state index in [1.165, 1.54) is 33.0 Å². The van der Waals surface area contributed by atoms with Gasteiger partial charge in [0.05, 0.1) is 16.7 Å². The number of nitrogens with zero attached hydrogens (tertiary/aromatic N) is 2. The van der Waals surface area contributed by atoms with Crippen LogP contribution in [0.15, 0.2) is 223 Å². The monoisotopic (exact) mass is 728 g/mol. The molecular weight excluding hydrogens is 693 g/mol. The third kappa shape index (κ3) is 5.60. The summed E-state index contributed by atoms with van der Waals surface area (Å²) < 4.78 is 9.02. The van der Waals surface area contributed by atoms with Crippen LogP contribution in [-0.4, -0.2) is 4.57 Å². The third-order valence-corrected chi connectivity index (χ3v) is 11.2. The van der Waals surface area contributed by atoms with Gasteiger partial charge in [-0.15, -0.1) is 0 Å². The number of para-hydroxylation sites is 4. The molecule has 0 saturated heterocycles. The van der Waals surface area contributed by atoms with E-state index in [9.17, 15) is 0 Å². The molecule has 9 aromatic carbocycles. The smallest absolute Gasteiger partial charge is 0.143 e. The molecule has 3 nitrogen and oxygen atoms in total. The van der Waals surface area contributed by atoms with E-state index >= 15 is 0 Å². The Hall–Kier alpha value is -7.62. The molecule has 0 atom stereocenters. The SMILES string of the molecule is c1ccc(-c2ccc(N(c3ccc(-c4ccccc4)cc3)c3ccc4c5ccccc5n(-c5ccccc5-c5cccc6c5oc5ccccc56)c4c3)cc2)cc1. The molecule has 0 bridgehead atoms. The van der Waals surface area contributed by atoms with Crippen LogP contribution < -0.4 is 4.90 Å². The first kappa shape index (κ1) is 32.8. The minimum atomic E-state index is 0.896. The zero-order valence-corrected chi connectivity index (χ0v) is 31.1. The molecule has 0 unspecified atom stereocenters.